The summed E-state index contributed by atoms with van der Waals surface area (Å²) in [5, 5.41) is 18.7. The smallest absolute Gasteiger partial charge is 0.257 e. The molecule has 10 heteroatoms. The highest BCUT2D eigenvalue weighted by atomic mass is 35.5. The van der Waals surface area contributed by atoms with Crippen molar-refractivity contribution >= 4 is 29.2 Å². The number of anilines is 1. The molecule has 1 aromatic heterocycles. The van der Waals surface area contributed by atoms with Crippen molar-refractivity contribution < 1.29 is 24.2 Å². The van der Waals surface area contributed by atoms with Crippen molar-refractivity contribution in [1.82, 2.24) is 15.1 Å². The van der Waals surface area contributed by atoms with E-state index in [2.05, 4.69) is 15.5 Å². The Morgan fingerprint density at radius 1 is 1.14 bits per heavy atom. The Kier molecular flexibility index (Phi) is 9.11. The van der Waals surface area contributed by atoms with Crippen LogP contribution in [0.2, 0.25) is 5.02 Å². The first-order valence-electron chi connectivity index (χ1n) is 11.4. The molecule has 0 spiro atoms. The monoisotopic (exact) mass is 500 g/mol. The summed E-state index contributed by atoms with van der Waals surface area (Å²) in [5.41, 5.74) is 0.753. The molecule has 1 saturated heterocycles. The van der Waals surface area contributed by atoms with Gasteiger partial charge in [-0.2, -0.15) is 5.10 Å². The topological polar surface area (TPSA) is 117 Å². The molecule has 1 aliphatic heterocycles. The molecule has 1 atom stereocenters. The Morgan fingerprint density at radius 3 is 2.49 bits per heavy atom. The second-order valence-electron chi connectivity index (χ2n) is 7.62. The number of nitrogens with zero attached hydrogens (tertiary/aromatic N) is 2. The van der Waals surface area contributed by atoms with Crippen LogP contribution in [0.3, 0.4) is 0 Å². The van der Waals surface area contributed by atoms with Crippen LogP contribution < -0.4 is 14.8 Å². The lowest BCUT2D eigenvalue weighted by Crippen LogP contribution is -2.41. The van der Waals surface area contributed by atoms with Crippen molar-refractivity contribution in [1.29, 1.82) is 0 Å². The maximum absolute atomic E-state index is 12.7. The summed E-state index contributed by atoms with van der Waals surface area (Å²) in [6, 6.07) is 11.1. The average Bonchev–Trinajstić information content (AvgIpc) is 3.33. The lowest BCUT2D eigenvalue weighted by molar-refractivity contribution is 0.0651. The number of amides is 2. The Bertz CT molecular complexity index is 1150. The Balaban J connectivity index is 0.00000167. The fourth-order valence-electron chi connectivity index (χ4n) is 3.16. The van der Waals surface area contributed by atoms with E-state index in [9.17, 15) is 14.7 Å². The van der Waals surface area contributed by atoms with Gasteiger partial charge in [0.1, 0.15) is 29.2 Å². The van der Waals surface area contributed by atoms with Gasteiger partial charge in [0.25, 0.3) is 11.8 Å². The summed E-state index contributed by atoms with van der Waals surface area (Å²) in [4.78, 5) is 26.9. The van der Waals surface area contributed by atoms with Gasteiger partial charge in [-0.3, -0.25) is 14.7 Å². The van der Waals surface area contributed by atoms with E-state index >= 15 is 0 Å². The highest BCUT2D eigenvalue weighted by molar-refractivity contribution is 6.32. The van der Waals surface area contributed by atoms with Gasteiger partial charge in [0, 0.05) is 36.3 Å². The molecule has 3 N–H and O–H groups in total. The predicted molar refractivity (Wildman–Crippen MR) is 134 cm³/mol. The number of carbonyl (C=O) groups is 2. The summed E-state index contributed by atoms with van der Waals surface area (Å²) in [6.45, 7) is 7.00. The first-order chi connectivity index (χ1) is 16.9. The molecular formula is C25H29ClN4O5. The number of rotatable bonds is 8. The first-order valence-corrected chi connectivity index (χ1v) is 11.8. The predicted octanol–water partition coefficient (Wildman–Crippen LogP) is 4.74. The van der Waals surface area contributed by atoms with Crippen LogP contribution in [0.5, 0.6) is 17.2 Å². The zero-order chi connectivity index (χ0) is 25.4. The van der Waals surface area contributed by atoms with Crippen molar-refractivity contribution in [2.75, 3.05) is 25.0 Å². The number of halogens is 1. The number of aliphatic hydroxyl groups excluding tert-OH is 1. The molecule has 0 saturated carbocycles. The largest absolute Gasteiger partial charge is 0.488 e. The summed E-state index contributed by atoms with van der Waals surface area (Å²) in [7, 11) is 0. The maximum Gasteiger partial charge on any atom is 0.257 e. The number of benzene rings is 2. The van der Waals surface area contributed by atoms with E-state index in [0.29, 0.717) is 28.6 Å². The number of aliphatic hydroxyl groups is 1. The fraction of sp³-hybridized carbons (Fsp3) is 0.320. The molecule has 1 aliphatic rings. The van der Waals surface area contributed by atoms with Crippen LogP contribution in [-0.4, -0.2) is 57.8 Å². The number of hydrogen-bond acceptors (Lipinski definition) is 6. The number of likely N-dealkylation sites (tertiary alicyclic amines) is 1. The van der Waals surface area contributed by atoms with Crippen molar-refractivity contribution in [3.8, 4) is 17.2 Å². The van der Waals surface area contributed by atoms with E-state index in [1.54, 1.807) is 48.2 Å². The number of hydrogen-bond donors (Lipinski definition) is 3. The first kappa shape index (κ1) is 26.1. The molecule has 35 heavy (non-hydrogen) atoms. The van der Waals surface area contributed by atoms with Crippen LogP contribution in [0.1, 0.15) is 47.9 Å². The molecule has 186 valence electrons. The number of carbonyl (C=O) groups excluding carboxylic acids is 2. The summed E-state index contributed by atoms with van der Waals surface area (Å²) in [6.07, 6.45) is 2.04. The van der Waals surface area contributed by atoms with Crippen LogP contribution in [0, 0.1) is 0 Å². The Morgan fingerprint density at radius 2 is 1.89 bits per heavy atom. The van der Waals surface area contributed by atoms with E-state index in [0.717, 1.165) is 19.5 Å². The maximum atomic E-state index is 12.7. The summed E-state index contributed by atoms with van der Waals surface area (Å²) in [5.74, 6) is 0.918. The second kappa shape index (κ2) is 12.2. The molecule has 3 aromatic rings. The minimum Gasteiger partial charge on any atom is -0.488 e. The zero-order valence-corrected chi connectivity index (χ0v) is 20.6. The van der Waals surface area contributed by atoms with E-state index in [4.69, 9.17) is 21.1 Å². The van der Waals surface area contributed by atoms with Crippen LogP contribution >= 0.6 is 11.6 Å². The molecule has 9 nitrogen and oxygen atoms in total. The van der Waals surface area contributed by atoms with Crippen molar-refractivity contribution in [2.24, 2.45) is 0 Å². The minimum atomic E-state index is -0.487. The zero-order valence-electron chi connectivity index (χ0n) is 19.9. The number of aromatic amines is 1. The molecule has 2 heterocycles. The summed E-state index contributed by atoms with van der Waals surface area (Å²) < 4.78 is 11.6. The van der Waals surface area contributed by atoms with Crippen LogP contribution in [0.4, 0.5) is 5.82 Å². The van der Waals surface area contributed by atoms with Gasteiger partial charge in [-0.15, -0.1) is 0 Å². The highest BCUT2D eigenvalue weighted by Crippen LogP contribution is 2.33. The number of ether oxygens (including phenoxy) is 2. The summed E-state index contributed by atoms with van der Waals surface area (Å²) >= 11 is 6.38. The quantitative estimate of drug-likeness (QED) is 0.411. The Hall–Kier alpha value is -3.56. The fourth-order valence-corrected chi connectivity index (χ4v) is 3.38. The molecule has 0 bridgehead atoms. The number of H-pyrrole nitrogens is 1. The molecule has 4 rings (SSSR count). The van der Waals surface area contributed by atoms with Gasteiger partial charge in [0.05, 0.1) is 17.8 Å². The molecular weight excluding hydrogens is 472 g/mol. The van der Waals surface area contributed by atoms with E-state index < -0.39 is 12.0 Å². The third kappa shape index (κ3) is 6.74. The van der Waals surface area contributed by atoms with Crippen LogP contribution in [-0.2, 0) is 0 Å². The van der Waals surface area contributed by atoms with E-state index in [-0.39, 0.29) is 23.1 Å². The van der Waals surface area contributed by atoms with Gasteiger partial charge in [-0.05, 0) is 43.7 Å². The van der Waals surface area contributed by atoms with Crippen LogP contribution in [0.25, 0.3) is 0 Å². The SMILES string of the molecule is CC.C[C@@H](CO)Oc1cc(Oc2ccc(C(=O)N3CCC3)cc2Cl)cc(C(=O)Nc2ccn[nH]2)c1. The molecule has 0 unspecified atom stereocenters. The van der Waals surface area contributed by atoms with Gasteiger partial charge < -0.3 is 24.8 Å². The van der Waals surface area contributed by atoms with Gasteiger partial charge in [0.2, 0.25) is 0 Å². The molecule has 2 amide bonds. The molecule has 0 aliphatic carbocycles. The van der Waals surface area contributed by atoms with Gasteiger partial charge >= 0.3 is 0 Å². The van der Waals surface area contributed by atoms with Crippen molar-refractivity contribution in [3.63, 3.8) is 0 Å². The molecule has 1 fully saturated rings. The van der Waals surface area contributed by atoms with Gasteiger partial charge in [-0.25, -0.2) is 0 Å². The molecule has 2 aromatic carbocycles. The normalized spacial score (nSPS) is 13.1. The molecule has 0 radical (unpaired) electrons. The van der Waals surface area contributed by atoms with E-state index in [1.807, 2.05) is 13.8 Å². The van der Waals surface area contributed by atoms with Crippen molar-refractivity contribution in [3.05, 3.63) is 64.8 Å². The van der Waals surface area contributed by atoms with Crippen molar-refractivity contribution in [2.45, 2.75) is 33.3 Å². The van der Waals surface area contributed by atoms with E-state index in [1.165, 1.54) is 12.3 Å². The lowest BCUT2D eigenvalue weighted by Gasteiger charge is -2.31. The minimum absolute atomic E-state index is 0.0687. The Labute approximate surface area is 209 Å². The lowest BCUT2D eigenvalue weighted by atomic mass is 10.1. The number of aromatic nitrogens is 2. The third-order valence-corrected chi connectivity index (χ3v) is 5.33. The third-order valence-electron chi connectivity index (χ3n) is 5.04. The second-order valence-corrected chi connectivity index (χ2v) is 8.03. The van der Waals surface area contributed by atoms with Crippen LogP contribution in [0.15, 0.2) is 48.7 Å². The number of nitrogens with one attached hydrogen (secondary N) is 2. The highest BCUT2D eigenvalue weighted by Gasteiger charge is 2.22. The van der Waals surface area contributed by atoms with Gasteiger partial charge in [0.15, 0.2) is 0 Å². The van der Waals surface area contributed by atoms with Gasteiger partial charge in [-0.1, -0.05) is 25.4 Å². The standard InChI is InChI=1S/C23H23ClN4O5.C2H6/c1-14(13-29)32-17-9-16(22(30)26-21-5-6-25-27-21)10-18(12-17)33-20-4-3-15(11-19(20)24)23(31)28-7-2-8-28;1-2/h3-6,9-12,14,29H,2,7-8,13H2,1H3,(H2,25,26,27,30);1-2H3/t14-;/m0./s1. The average molecular weight is 501 g/mol.